The van der Waals surface area contributed by atoms with Crippen LogP contribution in [0.1, 0.15) is 5.69 Å². The van der Waals surface area contributed by atoms with Crippen molar-refractivity contribution in [2.75, 3.05) is 5.32 Å². The van der Waals surface area contributed by atoms with Gasteiger partial charge in [0.25, 0.3) is 0 Å². The summed E-state index contributed by atoms with van der Waals surface area (Å²) in [5.41, 5.74) is 0.582. The van der Waals surface area contributed by atoms with Crippen LogP contribution >= 0.6 is 11.6 Å². The van der Waals surface area contributed by atoms with E-state index in [-0.39, 0.29) is 22.3 Å². The summed E-state index contributed by atoms with van der Waals surface area (Å²) >= 11 is 5.73. The van der Waals surface area contributed by atoms with Crippen molar-refractivity contribution < 1.29 is 27.4 Å². The molecule has 1 aromatic carbocycles. The first kappa shape index (κ1) is 17.2. The van der Waals surface area contributed by atoms with Gasteiger partial charge in [-0.2, -0.15) is 13.2 Å². The second-order valence-corrected chi connectivity index (χ2v) is 5.59. The van der Waals surface area contributed by atoms with Crippen LogP contribution in [0.2, 0.25) is 5.02 Å². The number of carbonyl (C=O) groups excluding carboxylic acids is 1. The Labute approximate surface area is 144 Å². The van der Waals surface area contributed by atoms with Gasteiger partial charge in [0.1, 0.15) is 5.82 Å². The Morgan fingerprint density at radius 2 is 1.92 bits per heavy atom. The van der Waals surface area contributed by atoms with Crippen molar-refractivity contribution in [3.63, 3.8) is 0 Å². The highest BCUT2D eigenvalue weighted by molar-refractivity contribution is 6.30. The molecule has 0 aliphatic carbocycles. The lowest BCUT2D eigenvalue weighted by Crippen LogP contribution is -2.65. The molecule has 25 heavy (non-hydrogen) atoms. The zero-order valence-corrected chi connectivity index (χ0v) is 13.4. The molecule has 3 rings (SSSR count). The van der Waals surface area contributed by atoms with Gasteiger partial charge in [-0.25, -0.2) is 9.78 Å². The summed E-state index contributed by atoms with van der Waals surface area (Å²) in [6.07, 6.45) is -5.06. The van der Waals surface area contributed by atoms with Crippen molar-refractivity contribution in [2.24, 2.45) is 0 Å². The molecule has 0 bridgehead atoms. The van der Waals surface area contributed by atoms with Gasteiger partial charge in [0.2, 0.25) is 0 Å². The van der Waals surface area contributed by atoms with E-state index < -0.39 is 18.1 Å². The Kier molecular flexibility index (Phi) is 4.11. The third-order valence-corrected chi connectivity index (χ3v) is 3.43. The molecule has 1 atom stereocenters. The van der Waals surface area contributed by atoms with Crippen molar-refractivity contribution in [3.8, 4) is 11.5 Å². The molecule has 2 aromatic rings. The molecule has 1 aliphatic heterocycles. The number of halogens is 4. The second-order valence-electron chi connectivity index (χ2n) is 5.15. The SMILES string of the molecule is Cc1cccc(NC(=O)N[C@]2(C(F)(F)F)Oc3ccc(Cl)cc3O2)n1. The number of benzene rings is 1. The van der Waals surface area contributed by atoms with E-state index in [1.807, 2.05) is 0 Å². The monoisotopic (exact) mass is 373 g/mol. The van der Waals surface area contributed by atoms with Gasteiger partial charge in [-0.05, 0) is 31.2 Å². The number of nitrogens with one attached hydrogen (secondary N) is 2. The van der Waals surface area contributed by atoms with Gasteiger partial charge >= 0.3 is 18.1 Å². The van der Waals surface area contributed by atoms with E-state index in [0.717, 1.165) is 6.07 Å². The Morgan fingerprint density at radius 3 is 2.60 bits per heavy atom. The van der Waals surface area contributed by atoms with Gasteiger partial charge in [0.05, 0.1) is 0 Å². The molecule has 2 amide bonds. The van der Waals surface area contributed by atoms with Gasteiger partial charge in [-0.1, -0.05) is 17.7 Å². The molecule has 6 nitrogen and oxygen atoms in total. The summed E-state index contributed by atoms with van der Waals surface area (Å²) in [4.78, 5) is 16.0. The Morgan fingerprint density at radius 1 is 1.20 bits per heavy atom. The number of ether oxygens (including phenoxy) is 2. The highest BCUT2D eigenvalue weighted by Crippen LogP contribution is 2.46. The standard InChI is InChI=1S/C15H11ClF3N3O3/c1-8-3-2-4-12(20-8)21-13(23)22-15(14(17,18)19)24-10-6-5-9(16)7-11(10)25-15/h2-7H,1H3,(H2,20,21,22,23)/t15-/m1/s1. The smallest absolute Gasteiger partial charge is 0.424 e. The minimum atomic E-state index is -5.06. The number of urea groups is 1. The molecule has 2 N–H and O–H groups in total. The average Bonchev–Trinajstić information content (AvgIpc) is 2.85. The number of pyridine rings is 1. The maximum atomic E-state index is 13.5. The topological polar surface area (TPSA) is 72.5 Å². The van der Waals surface area contributed by atoms with E-state index >= 15 is 0 Å². The number of carbonyl (C=O) groups is 1. The molecule has 2 heterocycles. The second kappa shape index (κ2) is 5.99. The molecule has 0 unspecified atom stereocenters. The number of rotatable bonds is 2. The summed E-state index contributed by atoms with van der Waals surface area (Å²) < 4.78 is 50.2. The van der Waals surface area contributed by atoms with E-state index in [4.69, 9.17) is 21.1 Å². The highest BCUT2D eigenvalue weighted by Gasteiger charge is 2.65. The first-order valence-electron chi connectivity index (χ1n) is 6.96. The maximum absolute atomic E-state index is 13.5. The fourth-order valence-electron chi connectivity index (χ4n) is 2.12. The number of alkyl halides is 3. The molecule has 0 saturated carbocycles. The zero-order valence-electron chi connectivity index (χ0n) is 12.6. The molecule has 1 aliphatic rings. The number of fused-ring (bicyclic) bond motifs is 1. The van der Waals surface area contributed by atoms with E-state index in [1.54, 1.807) is 24.4 Å². The van der Waals surface area contributed by atoms with Crippen LogP contribution in [0.5, 0.6) is 11.5 Å². The van der Waals surface area contributed by atoms with Gasteiger partial charge in [-0.3, -0.25) is 10.6 Å². The number of nitrogens with zero attached hydrogens (tertiary/aromatic N) is 1. The van der Waals surface area contributed by atoms with Crippen LogP contribution in [0.4, 0.5) is 23.8 Å². The van der Waals surface area contributed by atoms with E-state index in [1.165, 1.54) is 18.2 Å². The molecule has 0 spiro atoms. The van der Waals surface area contributed by atoms with Crippen molar-refractivity contribution in [1.82, 2.24) is 10.3 Å². The first-order valence-corrected chi connectivity index (χ1v) is 7.33. The normalized spacial score (nSPS) is 18.8. The molecule has 132 valence electrons. The van der Waals surface area contributed by atoms with Gasteiger partial charge < -0.3 is 9.47 Å². The molecule has 0 saturated heterocycles. The number of amides is 2. The lowest BCUT2D eigenvalue weighted by atomic mass is 10.3. The predicted octanol–water partition coefficient (Wildman–Crippen LogP) is 3.85. The van der Waals surface area contributed by atoms with Gasteiger partial charge in [-0.15, -0.1) is 0 Å². The number of aryl methyl sites for hydroxylation is 1. The molecular weight excluding hydrogens is 363 g/mol. The largest absolute Gasteiger partial charge is 0.492 e. The van der Waals surface area contributed by atoms with Crippen LogP contribution in [0.3, 0.4) is 0 Å². The predicted molar refractivity (Wildman–Crippen MR) is 82.6 cm³/mol. The zero-order chi connectivity index (χ0) is 18.2. The van der Waals surface area contributed by atoms with Crippen molar-refractivity contribution in [2.45, 2.75) is 19.0 Å². The van der Waals surface area contributed by atoms with Gasteiger partial charge in [0.15, 0.2) is 11.5 Å². The summed E-state index contributed by atoms with van der Waals surface area (Å²) in [7, 11) is 0. The van der Waals surface area contributed by atoms with Crippen molar-refractivity contribution in [1.29, 1.82) is 0 Å². The van der Waals surface area contributed by atoms with Crippen molar-refractivity contribution >= 4 is 23.4 Å². The number of aromatic nitrogens is 1. The van der Waals surface area contributed by atoms with Crippen LogP contribution in [-0.2, 0) is 0 Å². The minimum absolute atomic E-state index is 0.0772. The van der Waals surface area contributed by atoms with Crippen LogP contribution in [-0.4, -0.2) is 23.1 Å². The molecule has 10 heteroatoms. The fourth-order valence-corrected chi connectivity index (χ4v) is 2.29. The Balaban J connectivity index is 1.82. The Bertz CT molecular complexity index is 831. The molecule has 1 aromatic heterocycles. The van der Waals surface area contributed by atoms with Crippen molar-refractivity contribution in [3.05, 3.63) is 47.1 Å². The summed E-state index contributed by atoms with van der Waals surface area (Å²) in [5.74, 6) is -3.73. The average molecular weight is 374 g/mol. The number of hydrogen-bond donors (Lipinski definition) is 2. The summed E-state index contributed by atoms with van der Waals surface area (Å²) in [5, 5.41) is 4.02. The van der Waals surface area contributed by atoms with E-state index in [9.17, 15) is 18.0 Å². The summed E-state index contributed by atoms with van der Waals surface area (Å²) in [6.45, 7) is 1.67. The van der Waals surface area contributed by atoms with E-state index in [0.29, 0.717) is 5.69 Å². The lowest BCUT2D eigenvalue weighted by Gasteiger charge is -2.29. The van der Waals surface area contributed by atoms with E-state index in [2.05, 4.69) is 10.3 Å². The molecule has 0 fully saturated rings. The third kappa shape index (κ3) is 3.41. The lowest BCUT2D eigenvalue weighted by molar-refractivity contribution is -0.317. The Hall–Kier alpha value is -2.68. The minimum Gasteiger partial charge on any atom is -0.424 e. The summed E-state index contributed by atoms with van der Waals surface area (Å²) in [6, 6.07) is 7.21. The third-order valence-electron chi connectivity index (χ3n) is 3.19. The fraction of sp³-hybridized carbons (Fsp3) is 0.200. The van der Waals surface area contributed by atoms with Crippen LogP contribution in [0.15, 0.2) is 36.4 Å². The molecular formula is C15H11ClF3N3O3. The maximum Gasteiger partial charge on any atom is 0.492 e. The van der Waals surface area contributed by atoms with Crippen LogP contribution < -0.4 is 20.1 Å². The first-order chi connectivity index (χ1) is 11.7. The molecule has 0 radical (unpaired) electrons. The number of anilines is 1. The van der Waals surface area contributed by atoms with Crippen LogP contribution in [0.25, 0.3) is 0 Å². The van der Waals surface area contributed by atoms with Crippen LogP contribution in [0, 0.1) is 6.92 Å². The quantitative estimate of drug-likeness (QED) is 0.838. The van der Waals surface area contributed by atoms with Gasteiger partial charge in [0, 0.05) is 16.8 Å². The number of hydrogen-bond acceptors (Lipinski definition) is 4. The highest BCUT2D eigenvalue weighted by atomic mass is 35.5.